The van der Waals surface area contributed by atoms with Gasteiger partial charge in [-0.25, -0.2) is 4.79 Å². The van der Waals surface area contributed by atoms with Crippen LogP contribution in [0.15, 0.2) is 83.0 Å². The maximum atomic E-state index is 11.4. The number of azo groups is 1. The minimum Gasteiger partial charge on any atom is -0.505 e. The first kappa shape index (κ1) is 24.8. The first-order valence-electron chi connectivity index (χ1n) is 12.3. The molecule has 0 radical (unpaired) electrons. The summed E-state index contributed by atoms with van der Waals surface area (Å²) in [5.41, 5.74) is 7.90. The summed E-state index contributed by atoms with van der Waals surface area (Å²) in [6.45, 7) is 6.25. The molecule has 0 unspecified atom stereocenters. The van der Waals surface area contributed by atoms with Crippen LogP contribution < -0.4 is 0 Å². The second-order valence-electron chi connectivity index (χ2n) is 9.26. The Morgan fingerprint density at radius 2 is 1.66 bits per heavy atom. The zero-order chi connectivity index (χ0) is 27.0. The van der Waals surface area contributed by atoms with Gasteiger partial charge in [0.15, 0.2) is 11.4 Å². The summed E-state index contributed by atoms with van der Waals surface area (Å²) in [6.07, 6.45) is 0.818. The molecule has 7 heteroatoms. The highest BCUT2D eigenvalue weighted by Crippen LogP contribution is 2.44. The molecule has 38 heavy (non-hydrogen) atoms. The van der Waals surface area contributed by atoms with Gasteiger partial charge in [0.1, 0.15) is 5.69 Å². The third-order valence-corrected chi connectivity index (χ3v) is 6.88. The van der Waals surface area contributed by atoms with E-state index in [9.17, 15) is 20.1 Å². The van der Waals surface area contributed by atoms with Crippen LogP contribution in [0, 0.1) is 13.8 Å². The largest absolute Gasteiger partial charge is 0.505 e. The zero-order valence-corrected chi connectivity index (χ0v) is 21.3. The molecule has 0 amide bonds. The highest BCUT2D eigenvalue weighted by molar-refractivity contribution is 6.04. The fraction of sp³-hybridized carbons (Fsp3) is 0.129. The molecule has 4 aromatic carbocycles. The van der Waals surface area contributed by atoms with E-state index in [-0.39, 0.29) is 28.6 Å². The summed E-state index contributed by atoms with van der Waals surface area (Å²) < 4.78 is 0. The Morgan fingerprint density at radius 1 is 0.868 bits per heavy atom. The number of H-pyrrole nitrogens is 1. The second-order valence-corrected chi connectivity index (χ2v) is 9.26. The van der Waals surface area contributed by atoms with Crippen molar-refractivity contribution in [1.29, 1.82) is 0 Å². The fourth-order valence-electron chi connectivity index (χ4n) is 4.67. The van der Waals surface area contributed by atoms with Crippen LogP contribution in [0.3, 0.4) is 0 Å². The molecular weight excluding hydrogens is 478 g/mol. The smallest absolute Gasteiger partial charge is 0.335 e. The van der Waals surface area contributed by atoms with E-state index in [1.165, 1.54) is 23.3 Å². The van der Waals surface area contributed by atoms with E-state index < -0.39 is 5.97 Å². The Kier molecular flexibility index (Phi) is 6.43. The van der Waals surface area contributed by atoms with Gasteiger partial charge < -0.3 is 20.3 Å². The fourth-order valence-corrected chi connectivity index (χ4v) is 4.67. The Bertz CT molecular complexity index is 1730. The quantitative estimate of drug-likeness (QED) is 0.174. The minimum absolute atomic E-state index is 0.115. The highest BCUT2D eigenvalue weighted by atomic mass is 16.4. The molecule has 0 aliphatic heterocycles. The van der Waals surface area contributed by atoms with E-state index in [0.29, 0.717) is 16.5 Å². The van der Waals surface area contributed by atoms with Crippen molar-refractivity contribution >= 4 is 28.2 Å². The molecule has 0 spiro atoms. The van der Waals surface area contributed by atoms with Gasteiger partial charge in [-0.3, -0.25) is 0 Å². The predicted molar refractivity (Wildman–Crippen MR) is 149 cm³/mol. The number of para-hydroxylation sites is 1. The van der Waals surface area contributed by atoms with Crippen LogP contribution in [-0.4, -0.2) is 26.3 Å². The third kappa shape index (κ3) is 4.39. The molecule has 0 aliphatic rings. The summed E-state index contributed by atoms with van der Waals surface area (Å²) >= 11 is 0. The van der Waals surface area contributed by atoms with Crippen LogP contribution in [0.2, 0.25) is 0 Å². The normalized spacial score (nSPS) is 11.4. The van der Waals surface area contributed by atoms with Gasteiger partial charge in [-0.15, -0.1) is 10.2 Å². The molecule has 0 saturated heterocycles. The lowest BCUT2D eigenvalue weighted by molar-refractivity contribution is 0.0697. The molecule has 7 nitrogen and oxygen atoms in total. The molecule has 0 saturated carbocycles. The number of aromatic amines is 1. The van der Waals surface area contributed by atoms with Crippen LogP contribution >= 0.6 is 0 Å². The monoisotopic (exact) mass is 505 g/mol. The first-order valence-corrected chi connectivity index (χ1v) is 12.3. The van der Waals surface area contributed by atoms with Crippen molar-refractivity contribution in [3.63, 3.8) is 0 Å². The Labute approximate surface area is 219 Å². The number of aromatic nitrogens is 1. The van der Waals surface area contributed by atoms with Gasteiger partial charge in [0, 0.05) is 16.5 Å². The maximum absolute atomic E-state index is 11.4. The molecule has 0 fully saturated rings. The van der Waals surface area contributed by atoms with E-state index in [4.69, 9.17) is 0 Å². The molecule has 0 atom stereocenters. The van der Waals surface area contributed by atoms with Crippen LogP contribution in [0.25, 0.3) is 33.2 Å². The molecule has 4 N–H and O–H groups in total. The van der Waals surface area contributed by atoms with Crippen LogP contribution in [0.5, 0.6) is 11.6 Å². The zero-order valence-electron chi connectivity index (χ0n) is 21.3. The molecule has 0 aliphatic carbocycles. The van der Waals surface area contributed by atoms with Crippen molar-refractivity contribution in [2.75, 3.05) is 0 Å². The van der Waals surface area contributed by atoms with E-state index in [0.717, 1.165) is 28.6 Å². The number of carboxylic acids is 1. The molecule has 0 bridgehead atoms. The maximum Gasteiger partial charge on any atom is 0.335 e. The Morgan fingerprint density at radius 3 is 2.39 bits per heavy atom. The Balaban J connectivity index is 1.59. The number of aromatic carboxylic acids is 1. The number of carboxylic acid groups (broad SMARTS) is 1. The summed E-state index contributed by atoms with van der Waals surface area (Å²) in [4.78, 5) is 14.5. The average Bonchev–Trinajstić information content (AvgIpc) is 3.23. The number of aryl methyl sites for hydroxylation is 3. The van der Waals surface area contributed by atoms with Crippen molar-refractivity contribution < 1.29 is 20.1 Å². The summed E-state index contributed by atoms with van der Waals surface area (Å²) in [5, 5.41) is 40.3. The van der Waals surface area contributed by atoms with Gasteiger partial charge in [-0.1, -0.05) is 61.5 Å². The van der Waals surface area contributed by atoms with Gasteiger partial charge >= 0.3 is 5.97 Å². The number of rotatable bonds is 6. The van der Waals surface area contributed by atoms with Crippen LogP contribution in [0.4, 0.5) is 11.4 Å². The number of hydrogen-bond donors (Lipinski definition) is 4. The van der Waals surface area contributed by atoms with Gasteiger partial charge in [-0.2, -0.15) is 0 Å². The van der Waals surface area contributed by atoms with Gasteiger partial charge in [0.05, 0.1) is 11.1 Å². The standard InChI is InChI=1S/C31H27N3O4/c1-4-19-13-14-24-27(26(19)21-12-11-17(2)18(3)15-21)32-30(36)28(24)34-33-25-10-6-9-23(29(25)35)20-7-5-8-22(16-20)31(37)38/h5-16,32,35-36H,4H2,1-3H3,(H,37,38). The summed E-state index contributed by atoms with van der Waals surface area (Å²) in [5.74, 6) is -1.31. The number of aromatic hydroxyl groups is 2. The van der Waals surface area contributed by atoms with Crippen LogP contribution in [-0.2, 0) is 6.42 Å². The van der Waals surface area contributed by atoms with E-state index in [1.807, 2.05) is 12.1 Å². The van der Waals surface area contributed by atoms with Crippen molar-refractivity contribution in [2.45, 2.75) is 27.2 Å². The lowest BCUT2D eigenvalue weighted by atomic mass is 9.93. The second kappa shape index (κ2) is 9.86. The van der Waals surface area contributed by atoms with Crippen molar-refractivity contribution in [1.82, 2.24) is 4.98 Å². The lowest BCUT2D eigenvalue weighted by Crippen LogP contribution is -1.95. The van der Waals surface area contributed by atoms with E-state index in [2.05, 4.69) is 54.2 Å². The predicted octanol–water partition coefficient (Wildman–Crippen LogP) is 8.21. The van der Waals surface area contributed by atoms with E-state index in [1.54, 1.807) is 30.3 Å². The average molecular weight is 506 g/mol. The molecule has 5 rings (SSSR count). The SMILES string of the molecule is CCc1ccc2c(N=Nc3cccc(-c4cccc(C(=O)O)c4)c3O)c(O)[nH]c2c1-c1ccc(C)c(C)c1. The molecule has 190 valence electrons. The van der Waals surface area contributed by atoms with Gasteiger partial charge in [0.2, 0.25) is 5.88 Å². The lowest BCUT2D eigenvalue weighted by Gasteiger charge is -2.12. The molecule has 5 aromatic rings. The van der Waals surface area contributed by atoms with Crippen LogP contribution in [0.1, 0.15) is 34.0 Å². The minimum atomic E-state index is -1.05. The number of fused-ring (bicyclic) bond motifs is 1. The molecular formula is C31H27N3O4. The summed E-state index contributed by atoms with van der Waals surface area (Å²) in [6, 6.07) is 21.6. The van der Waals surface area contributed by atoms with Crippen molar-refractivity contribution in [2.24, 2.45) is 10.2 Å². The van der Waals surface area contributed by atoms with Crippen molar-refractivity contribution in [3.05, 3.63) is 95.1 Å². The Hall–Kier alpha value is -4.91. The van der Waals surface area contributed by atoms with Crippen molar-refractivity contribution in [3.8, 4) is 33.9 Å². The highest BCUT2D eigenvalue weighted by Gasteiger charge is 2.18. The topological polar surface area (TPSA) is 118 Å². The number of phenolic OH excluding ortho intramolecular Hbond substituents is 1. The number of nitrogens with one attached hydrogen (secondary N) is 1. The number of carbonyl (C=O) groups is 1. The summed E-state index contributed by atoms with van der Waals surface area (Å²) in [7, 11) is 0. The third-order valence-electron chi connectivity index (χ3n) is 6.88. The number of hydrogen-bond acceptors (Lipinski definition) is 5. The number of phenols is 1. The number of nitrogens with zero attached hydrogens (tertiary/aromatic N) is 2. The molecule has 1 aromatic heterocycles. The van der Waals surface area contributed by atoms with Gasteiger partial charge in [-0.05, 0) is 66.3 Å². The van der Waals surface area contributed by atoms with E-state index >= 15 is 0 Å². The molecule has 1 heterocycles. The van der Waals surface area contributed by atoms with Gasteiger partial charge in [0.25, 0.3) is 0 Å². The first-order chi connectivity index (χ1) is 18.3. The number of benzene rings is 4.